The predicted molar refractivity (Wildman–Crippen MR) is 57.9 cm³/mol. The van der Waals surface area contributed by atoms with Crippen LogP contribution in [0.3, 0.4) is 0 Å². The number of carbonyl (C=O) groups is 1. The predicted octanol–water partition coefficient (Wildman–Crippen LogP) is 1.26. The molecule has 1 atom stereocenters. The van der Waals surface area contributed by atoms with Gasteiger partial charge in [0.15, 0.2) is 0 Å². The Morgan fingerprint density at radius 1 is 1.53 bits per heavy atom. The summed E-state index contributed by atoms with van der Waals surface area (Å²) in [6.07, 6.45) is 3.23. The van der Waals surface area contributed by atoms with E-state index >= 15 is 0 Å². The number of hydrogen-bond donors (Lipinski definition) is 2. The lowest BCUT2D eigenvalue weighted by molar-refractivity contribution is -0.138. The molecule has 1 fully saturated rings. The Hall–Kier alpha value is -0.610. The van der Waals surface area contributed by atoms with Crippen molar-refractivity contribution in [3.63, 3.8) is 0 Å². The molecule has 1 rings (SSSR count). The van der Waals surface area contributed by atoms with Crippen molar-refractivity contribution in [2.24, 2.45) is 5.92 Å². The summed E-state index contributed by atoms with van der Waals surface area (Å²) in [6, 6.07) is 0.117. The Morgan fingerprint density at radius 3 is 2.73 bits per heavy atom. The molecular formula is C11H21NO3. The quantitative estimate of drug-likeness (QED) is 0.700. The van der Waals surface area contributed by atoms with Crippen molar-refractivity contribution >= 4 is 5.97 Å². The second-order valence-electron chi connectivity index (χ2n) is 4.11. The van der Waals surface area contributed by atoms with Crippen LogP contribution in [0, 0.1) is 5.92 Å². The third kappa shape index (κ3) is 4.62. The number of hydrogen-bond acceptors (Lipinski definition) is 3. The van der Waals surface area contributed by atoms with Crippen LogP contribution in [0.25, 0.3) is 0 Å². The lowest BCUT2D eigenvalue weighted by Crippen LogP contribution is -2.40. The minimum absolute atomic E-state index is 0.117. The standard InChI is InChI=1S/C11H21NO3/c1-2-5-12-10(8-11(13)14)9-3-6-15-7-4-9/h9-10,12H,2-8H2,1H3,(H,13,14). The third-order valence-corrected chi connectivity index (χ3v) is 2.89. The maximum Gasteiger partial charge on any atom is 0.304 e. The molecule has 1 aliphatic rings. The molecule has 0 amide bonds. The molecule has 0 aliphatic carbocycles. The topological polar surface area (TPSA) is 58.6 Å². The molecule has 2 N–H and O–H groups in total. The van der Waals surface area contributed by atoms with E-state index in [0.29, 0.717) is 5.92 Å². The summed E-state index contributed by atoms with van der Waals surface area (Å²) in [4.78, 5) is 10.7. The molecule has 15 heavy (non-hydrogen) atoms. The molecular weight excluding hydrogens is 194 g/mol. The van der Waals surface area contributed by atoms with E-state index in [2.05, 4.69) is 12.2 Å². The van der Waals surface area contributed by atoms with Crippen LogP contribution in [0.5, 0.6) is 0 Å². The minimum atomic E-state index is -0.713. The Balaban J connectivity index is 2.41. The van der Waals surface area contributed by atoms with Crippen molar-refractivity contribution in [3.05, 3.63) is 0 Å². The van der Waals surface area contributed by atoms with Crippen LogP contribution in [0.15, 0.2) is 0 Å². The summed E-state index contributed by atoms with van der Waals surface area (Å²) < 4.78 is 5.28. The van der Waals surface area contributed by atoms with E-state index in [1.165, 1.54) is 0 Å². The Morgan fingerprint density at radius 2 is 2.20 bits per heavy atom. The van der Waals surface area contributed by atoms with E-state index in [-0.39, 0.29) is 12.5 Å². The Labute approximate surface area is 91.0 Å². The van der Waals surface area contributed by atoms with Crippen molar-refractivity contribution in [3.8, 4) is 0 Å². The van der Waals surface area contributed by atoms with Gasteiger partial charge in [-0.25, -0.2) is 0 Å². The zero-order chi connectivity index (χ0) is 11.1. The van der Waals surface area contributed by atoms with E-state index < -0.39 is 5.97 Å². The molecule has 0 aromatic heterocycles. The van der Waals surface area contributed by atoms with Crippen LogP contribution in [-0.4, -0.2) is 36.9 Å². The maximum absolute atomic E-state index is 10.7. The summed E-state index contributed by atoms with van der Waals surface area (Å²) in [5.74, 6) is -0.253. The van der Waals surface area contributed by atoms with E-state index in [9.17, 15) is 4.79 Å². The number of rotatable bonds is 6. The Kier molecular flexibility index (Phi) is 5.65. The number of carboxylic acids is 1. The van der Waals surface area contributed by atoms with Gasteiger partial charge in [-0.3, -0.25) is 4.79 Å². The number of ether oxygens (including phenoxy) is 1. The molecule has 4 nitrogen and oxygen atoms in total. The van der Waals surface area contributed by atoms with E-state index in [0.717, 1.165) is 39.0 Å². The van der Waals surface area contributed by atoms with Crippen LogP contribution in [0.4, 0.5) is 0 Å². The highest BCUT2D eigenvalue weighted by molar-refractivity contribution is 5.67. The third-order valence-electron chi connectivity index (χ3n) is 2.89. The zero-order valence-electron chi connectivity index (χ0n) is 9.37. The summed E-state index contributed by atoms with van der Waals surface area (Å²) in [7, 11) is 0. The lowest BCUT2D eigenvalue weighted by atomic mass is 9.89. The first kappa shape index (κ1) is 12.5. The van der Waals surface area contributed by atoms with Crippen LogP contribution >= 0.6 is 0 Å². The zero-order valence-corrected chi connectivity index (χ0v) is 9.37. The molecule has 1 saturated heterocycles. The first-order valence-electron chi connectivity index (χ1n) is 5.77. The molecule has 0 bridgehead atoms. The molecule has 1 unspecified atom stereocenters. The molecule has 0 aromatic carbocycles. The number of aliphatic carboxylic acids is 1. The molecule has 0 radical (unpaired) electrons. The largest absolute Gasteiger partial charge is 0.481 e. The van der Waals surface area contributed by atoms with Gasteiger partial charge in [-0.15, -0.1) is 0 Å². The van der Waals surface area contributed by atoms with Gasteiger partial charge in [0.1, 0.15) is 0 Å². The average Bonchev–Trinajstić information content (AvgIpc) is 2.25. The van der Waals surface area contributed by atoms with Crippen LogP contribution in [-0.2, 0) is 9.53 Å². The molecule has 0 aromatic rings. The monoisotopic (exact) mass is 215 g/mol. The summed E-state index contributed by atoms with van der Waals surface area (Å²) in [5.41, 5.74) is 0. The van der Waals surface area contributed by atoms with Gasteiger partial charge in [0.25, 0.3) is 0 Å². The molecule has 1 heterocycles. The van der Waals surface area contributed by atoms with Gasteiger partial charge in [-0.1, -0.05) is 6.92 Å². The van der Waals surface area contributed by atoms with E-state index in [4.69, 9.17) is 9.84 Å². The minimum Gasteiger partial charge on any atom is -0.481 e. The summed E-state index contributed by atoms with van der Waals surface area (Å²) >= 11 is 0. The van der Waals surface area contributed by atoms with Crippen LogP contribution in [0.2, 0.25) is 0 Å². The highest BCUT2D eigenvalue weighted by Crippen LogP contribution is 2.20. The molecule has 4 heteroatoms. The second-order valence-corrected chi connectivity index (χ2v) is 4.11. The van der Waals surface area contributed by atoms with E-state index in [1.54, 1.807) is 0 Å². The van der Waals surface area contributed by atoms with Crippen LogP contribution < -0.4 is 5.32 Å². The van der Waals surface area contributed by atoms with Crippen LogP contribution in [0.1, 0.15) is 32.6 Å². The maximum atomic E-state index is 10.7. The lowest BCUT2D eigenvalue weighted by Gasteiger charge is -2.30. The van der Waals surface area contributed by atoms with Gasteiger partial charge in [-0.2, -0.15) is 0 Å². The van der Waals surface area contributed by atoms with Crippen molar-refractivity contribution in [2.45, 2.75) is 38.6 Å². The highest BCUT2D eigenvalue weighted by Gasteiger charge is 2.25. The molecule has 88 valence electrons. The van der Waals surface area contributed by atoms with Crippen molar-refractivity contribution < 1.29 is 14.6 Å². The van der Waals surface area contributed by atoms with Gasteiger partial charge in [0.05, 0.1) is 6.42 Å². The second kappa shape index (κ2) is 6.80. The number of nitrogens with one attached hydrogen (secondary N) is 1. The average molecular weight is 215 g/mol. The fourth-order valence-electron chi connectivity index (χ4n) is 2.04. The summed E-state index contributed by atoms with van der Waals surface area (Å²) in [5, 5.41) is 12.2. The van der Waals surface area contributed by atoms with Gasteiger partial charge in [0.2, 0.25) is 0 Å². The van der Waals surface area contributed by atoms with Gasteiger partial charge in [-0.05, 0) is 31.7 Å². The van der Waals surface area contributed by atoms with Gasteiger partial charge >= 0.3 is 5.97 Å². The van der Waals surface area contributed by atoms with Crippen molar-refractivity contribution in [1.29, 1.82) is 0 Å². The van der Waals surface area contributed by atoms with Gasteiger partial charge < -0.3 is 15.2 Å². The van der Waals surface area contributed by atoms with E-state index in [1.807, 2.05) is 0 Å². The summed E-state index contributed by atoms with van der Waals surface area (Å²) in [6.45, 7) is 4.54. The molecule has 0 spiro atoms. The highest BCUT2D eigenvalue weighted by atomic mass is 16.5. The van der Waals surface area contributed by atoms with Gasteiger partial charge in [0, 0.05) is 19.3 Å². The fourth-order valence-corrected chi connectivity index (χ4v) is 2.04. The molecule has 1 aliphatic heterocycles. The van der Waals surface area contributed by atoms with Crippen molar-refractivity contribution in [1.82, 2.24) is 5.32 Å². The number of carboxylic acid groups (broad SMARTS) is 1. The smallest absolute Gasteiger partial charge is 0.304 e. The SMILES string of the molecule is CCCNC(CC(=O)O)C1CCOCC1. The first-order chi connectivity index (χ1) is 7.24. The normalized spacial score (nSPS) is 20.1. The first-order valence-corrected chi connectivity index (χ1v) is 5.77. The molecule has 0 saturated carbocycles. The fraction of sp³-hybridized carbons (Fsp3) is 0.909. The Bertz CT molecular complexity index is 190. The van der Waals surface area contributed by atoms with Crippen molar-refractivity contribution in [2.75, 3.05) is 19.8 Å².